The fourth-order valence-corrected chi connectivity index (χ4v) is 5.48. The second kappa shape index (κ2) is 11.6. The van der Waals surface area contributed by atoms with E-state index < -0.39 is 60.9 Å². The molecule has 2 N–H and O–H groups in total. The smallest absolute Gasteiger partial charge is 0.408 e. The van der Waals surface area contributed by atoms with Crippen LogP contribution in [0.5, 0.6) is 0 Å². The fraction of sp³-hybridized carbons (Fsp3) is 0.519. The van der Waals surface area contributed by atoms with Gasteiger partial charge in [0.25, 0.3) is 5.78 Å². The topological polar surface area (TPSA) is 111 Å². The Hall–Kier alpha value is -3.84. The number of halogens is 5. The lowest BCUT2D eigenvalue weighted by Crippen LogP contribution is -2.47. The lowest BCUT2D eigenvalue weighted by atomic mass is 9.81. The highest BCUT2D eigenvalue weighted by Gasteiger charge is 2.45. The number of imidazole rings is 1. The van der Waals surface area contributed by atoms with E-state index in [4.69, 9.17) is 4.74 Å². The number of fused-ring (bicyclic) bond motifs is 1. The van der Waals surface area contributed by atoms with Crippen LogP contribution in [0.1, 0.15) is 55.1 Å². The molecule has 1 saturated heterocycles. The van der Waals surface area contributed by atoms with Gasteiger partial charge in [0.05, 0.1) is 35.7 Å². The number of hydrogen-bond donors (Lipinski definition) is 2. The predicted molar refractivity (Wildman–Crippen MR) is 135 cm³/mol. The van der Waals surface area contributed by atoms with Gasteiger partial charge in [0.1, 0.15) is 6.61 Å². The van der Waals surface area contributed by atoms with Crippen LogP contribution in [0.3, 0.4) is 0 Å². The number of aromatic nitrogens is 4. The third-order valence-electron chi connectivity index (χ3n) is 7.59. The first-order chi connectivity index (χ1) is 19.5. The summed E-state index contributed by atoms with van der Waals surface area (Å²) in [6.45, 7) is -0.474. The summed E-state index contributed by atoms with van der Waals surface area (Å²) in [6.07, 6.45) is -2.89. The van der Waals surface area contributed by atoms with Gasteiger partial charge in [0.15, 0.2) is 0 Å². The number of carbonyl (C=O) groups excluding carboxylic acids is 2. The average Bonchev–Trinajstić information content (AvgIpc) is 3.34. The van der Waals surface area contributed by atoms with Crippen molar-refractivity contribution in [1.82, 2.24) is 30.2 Å². The highest BCUT2D eigenvalue weighted by Crippen LogP contribution is 2.42. The first-order valence-electron chi connectivity index (χ1n) is 13.4. The minimum absolute atomic E-state index is 0.0121. The minimum atomic E-state index is -4.43. The van der Waals surface area contributed by atoms with Gasteiger partial charge in [0.2, 0.25) is 11.8 Å². The maximum absolute atomic E-state index is 14.4. The summed E-state index contributed by atoms with van der Waals surface area (Å²) in [6, 6.07) is 8.05. The summed E-state index contributed by atoms with van der Waals surface area (Å²) in [5, 5.41) is 9.36. The Morgan fingerprint density at radius 2 is 2.02 bits per heavy atom. The van der Waals surface area contributed by atoms with Gasteiger partial charge in [-0.2, -0.15) is 18.3 Å². The Bertz CT molecular complexity index is 1380. The summed E-state index contributed by atoms with van der Waals surface area (Å²) >= 11 is 0. The molecule has 0 unspecified atom stereocenters. The summed E-state index contributed by atoms with van der Waals surface area (Å²) in [5.41, 5.74) is 1.26. The zero-order valence-corrected chi connectivity index (χ0v) is 21.9. The van der Waals surface area contributed by atoms with Crippen LogP contribution in [-0.2, 0) is 22.6 Å². The number of carbonyl (C=O) groups is 2. The van der Waals surface area contributed by atoms with Crippen molar-refractivity contribution in [2.75, 3.05) is 6.54 Å². The van der Waals surface area contributed by atoms with Crippen LogP contribution >= 0.6 is 0 Å². The molecule has 0 bridgehead atoms. The monoisotopic (exact) mass is 580 g/mol. The molecule has 1 aromatic carbocycles. The van der Waals surface area contributed by atoms with E-state index in [2.05, 4.69) is 25.7 Å². The molecule has 14 heteroatoms. The first-order valence-corrected chi connectivity index (χ1v) is 13.4. The lowest BCUT2D eigenvalue weighted by molar-refractivity contribution is -0.183. The highest BCUT2D eigenvalue weighted by atomic mass is 19.4. The zero-order valence-electron chi connectivity index (χ0n) is 21.9. The number of rotatable bonds is 7. The molecule has 41 heavy (non-hydrogen) atoms. The standard InChI is InChI=1S/C27H29F5N6O3/c28-26(29)8-4-7-17(11-26)22(36-25(40)41-15-16-5-2-1-3-6-16)21-14-38-24(35-21)34-13-20(37-38)10-18-9-19(27(30,31)32)12-33-23(18)39/h1-3,5-6,13-14,17-19,22H,4,7-12,15H2,(H,33,39)(H,36,40)/t17-,18+,19+,22-/m0/s1. The third-order valence-corrected chi connectivity index (χ3v) is 7.59. The van der Waals surface area contributed by atoms with Crippen LogP contribution < -0.4 is 10.6 Å². The van der Waals surface area contributed by atoms with Gasteiger partial charge < -0.3 is 15.4 Å². The van der Waals surface area contributed by atoms with Crippen molar-refractivity contribution >= 4 is 17.8 Å². The van der Waals surface area contributed by atoms with Crippen molar-refractivity contribution in [3.63, 3.8) is 0 Å². The molecule has 0 spiro atoms. The molecule has 4 atom stereocenters. The largest absolute Gasteiger partial charge is 0.445 e. The van der Waals surface area contributed by atoms with Crippen LogP contribution in [0, 0.1) is 17.8 Å². The second-order valence-corrected chi connectivity index (χ2v) is 10.7. The SMILES string of the molecule is O=C(N[C@H](c1cn2nc(C[C@H]3C[C@@H](C(F)(F)F)CNC3=O)cnc2n1)[C@H]1CCCC(F)(F)C1)OCc1ccccc1. The minimum Gasteiger partial charge on any atom is -0.445 e. The van der Waals surface area contributed by atoms with Gasteiger partial charge in [-0.3, -0.25) is 4.79 Å². The van der Waals surface area contributed by atoms with Gasteiger partial charge in [0, 0.05) is 31.7 Å². The van der Waals surface area contributed by atoms with Crippen LogP contribution in [0.2, 0.25) is 0 Å². The van der Waals surface area contributed by atoms with Crippen LogP contribution in [0.25, 0.3) is 5.78 Å². The second-order valence-electron chi connectivity index (χ2n) is 10.7. The van der Waals surface area contributed by atoms with E-state index in [0.717, 1.165) is 5.56 Å². The van der Waals surface area contributed by atoms with Gasteiger partial charge in [-0.1, -0.05) is 30.3 Å². The zero-order chi connectivity index (χ0) is 29.2. The number of ether oxygens (including phenoxy) is 1. The van der Waals surface area contributed by atoms with Crippen LogP contribution in [0.4, 0.5) is 26.7 Å². The van der Waals surface area contributed by atoms with E-state index in [-0.39, 0.29) is 49.5 Å². The number of alkyl halides is 5. The van der Waals surface area contributed by atoms with E-state index in [9.17, 15) is 31.5 Å². The third kappa shape index (κ3) is 7.09. The average molecular weight is 581 g/mol. The number of piperidine rings is 1. The van der Waals surface area contributed by atoms with E-state index in [1.165, 1.54) is 16.9 Å². The normalized spacial score (nSPS) is 23.5. The van der Waals surface area contributed by atoms with Gasteiger partial charge in [-0.05, 0) is 30.7 Å². The predicted octanol–water partition coefficient (Wildman–Crippen LogP) is 4.77. The maximum Gasteiger partial charge on any atom is 0.408 e. The van der Waals surface area contributed by atoms with Gasteiger partial charge in [-0.15, -0.1) is 0 Å². The number of nitrogens with zero attached hydrogens (tertiary/aromatic N) is 4. The molecule has 1 saturated carbocycles. The fourth-order valence-electron chi connectivity index (χ4n) is 5.48. The Morgan fingerprint density at radius 3 is 2.76 bits per heavy atom. The number of alkyl carbamates (subject to hydrolysis) is 1. The lowest BCUT2D eigenvalue weighted by Gasteiger charge is -2.33. The van der Waals surface area contributed by atoms with E-state index >= 15 is 0 Å². The molecule has 1 aliphatic carbocycles. The van der Waals surface area contributed by atoms with Crippen molar-refractivity contribution in [3.8, 4) is 0 Å². The van der Waals surface area contributed by atoms with Crippen molar-refractivity contribution in [2.45, 2.75) is 63.3 Å². The molecule has 0 radical (unpaired) electrons. The van der Waals surface area contributed by atoms with E-state index in [1.54, 1.807) is 24.3 Å². The summed E-state index contributed by atoms with van der Waals surface area (Å²) in [7, 11) is 0. The molecule has 2 amide bonds. The molecule has 3 heterocycles. The summed E-state index contributed by atoms with van der Waals surface area (Å²) in [4.78, 5) is 33.6. The van der Waals surface area contributed by atoms with E-state index in [0.29, 0.717) is 6.42 Å². The maximum atomic E-state index is 14.4. The molecule has 3 aromatic rings. The molecule has 220 valence electrons. The number of benzene rings is 1. The molecule has 2 aliphatic rings. The number of nitrogens with one attached hydrogen (secondary N) is 2. The Labute approximate surface area is 231 Å². The van der Waals surface area contributed by atoms with Crippen molar-refractivity contribution in [3.05, 3.63) is 59.7 Å². The molecule has 2 fully saturated rings. The molecule has 5 rings (SSSR count). The van der Waals surface area contributed by atoms with Crippen LogP contribution in [0.15, 0.2) is 42.7 Å². The van der Waals surface area contributed by atoms with Crippen molar-refractivity contribution in [1.29, 1.82) is 0 Å². The Morgan fingerprint density at radius 1 is 1.24 bits per heavy atom. The number of hydrogen-bond acceptors (Lipinski definition) is 6. The molecule has 9 nitrogen and oxygen atoms in total. The Kier molecular flexibility index (Phi) is 8.09. The first kappa shape index (κ1) is 28.7. The quantitative estimate of drug-likeness (QED) is 0.390. The number of amides is 2. The van der Waals surface area contributed by atoms with Crippen molar-refractivity contribution < 1.29 is 36.3 Å². The Balaban J connectivity index is 1.35. The summed E-state index contributed by atoms with van der Waals surface area (Å²) in [5.74, 6) is -6.51. The molecule has 2 aromatic heterocycles. The molecular weight excluding hydrogens is 551 g/mol. The summed E-state index contributed by atoms with van der Waals surface area (Å²) < 4.78 is 75.0. The molecule has 1 aliphatic heterocycles. The molecular formula is C27H29F5N6O3. The van der Waals surface area contributed by atoms with Gasteiger partial charge in [-0.25, -0.2) is 28.1 Å². The van der Waals surface area contributed by atoms with E-state index in [1.807, 2.05) is 6.07 Å². The van der Waals surface area contributed by atoms with Gasteiger partial charge >= 0.3 is 12.3 Å². The highest BCUT2D eigenvalue weighted by molar-refractivity contribution is 5.79. The van der Waals surface area contributed by atoms with Crippen molar-refractivity contribution in [2.24, 2.45) is 17.8 Å². The van der Waals surface area contributed by atoms with Crippen LogP contribution in [-0.4, -0.2) is 50.2 Å².